The summed E-state index contributed by atoms with van der Waals surface area (Å²) in [4.78, 5) is 10.9. The smallest absolute Gasteiger partial charge is 0.129 e. The number of Topliss-reactive ketones (excluding diaryl/α,β-unsaturated/α-hetero) is 1. The van der Waals surface area contributed by atoms with Gasteiger partial charge in [-0.2, -0.15) is 0 Å². The van der Waals surface area contributed by atoms with Gasteiger partial charge in [-0.1, -0.05) is 62.3 Å². The number of hydrogen-bond donors (Lipinski definition) is 2. The lowest BCUT2D eigenvalue weighted by Gasteiger charge is -2.31. The van der Waals surface area contributed by atoms with Gasteiger partial charge in [-0.05, 0) is 76.5 Å². The number of phenolic OH excluding ortho intramolecular Hbond substituents is 2. The van der Waals surface area contributed by atoms with Crippen LogP contribution < -0.4 is 0 Å². The number of benzene rings is 1. The number of carbonyl (C=O) groups excluding carboxylic acids is 1. The van der Waals surface area contributed by atoms with Crippen LogP contribution in [0, 0.1) is 5.92 Å². The largest absolute Gasteiger partial charge is 0.507 e. The van der Waals surface area contributed by atoms with E-state index in [-0.39, 0.29) is 23.3 Å². The van der Waals surface area contributed by atoms with Crippen LogP contribution in [0.2, 0.25) is 0 Å². The van der Waals surface area contributed by atoms with Crippen LogP contribution in [0.1, 0.15) is 108 Å². The zero-order valence-electron chi connectivity index (χ0n) is 19.9. The van der Waals surface area contributed by atoms with Gasteiger partial charge >= 0.3 is 0 Å². The average molecular weight is 427 g/mol. The summed E-state index contributed by atoms with van der Waals surface area (Å²) in [6.45, 7) is 9.97. The van der Waals surface area contributed by atoms with Crippen molar-refractivity contribution in [2.45, 2.75) is 104 Å². The Kier molecular flexibility index (Phi) is 10.4. The molecule has 0 amide bonds. The Balaban J connectivity index is 1.81. The molecule has 3 nitrogen and oxygen atoms in total. The van der Waals surface area contributed by atoms with Crippen LogP contribution in [0.25, 0.3) is 0 Å². The molecule has 0 aromatic heterocycles. The van der Waals surface area contributed by atoms with Crippen LogP contribution in [0.15, 0.2) is 35.9 Å². The van der Waals surface area contributed by atoms with E-state index in [9.17, 15) is 15.0 Å². The Labute approximate surface area is 189 Å². The highest BCUT2D eigenvalue weighted by Crippen LogP contribution is 2.46. The van der Waals surface area contributed by atoms with Crippen molar-refractivity contribution >= 4 is 5.78 Å². The molecule has 1 aliphatic carbocycles. The summed E-state index contributed by atoms with van der Waals surface area (Å²) in [6, 6.07) is 3.69. The van der Waals surface area contributed by atoms with Crippen LogP contribution in [-0.4, -0.2) is 16.0 Å². The molecule has 1 aromatic rings. The zero-order valence-corrected chi connectivity index (χ0v) is 19.9. The molecule has 2 atom stereocenters. The third-order valence-electron chi connectivity index (χ3n) is 6.65. The lowest BCUT2D eigenvalue weighted by atomic mass is 9.73. The number of unbranched alkanes of at least 4 members (excludes halogenated alkanes) is 7. The third kappa shape index (κ3) is 8.20. The number of hydrogen-bond acceptors (Lipinski definition) is 3. The van der Waals surface area contributed by atoms with Gasteiger partial charge in [0, 0.05) is 17.9 Å². The first-order chi connectivity index (χ1) is 14.8. The molecule has 0 fully saturated rings. The number of allylic oxidation sites excluding steroid dienone is 3. The van der Waals surface area contributed by atoms with E-state index in [4.69, 9.17) is 0 Å². The standard InChI is InChI=1S/C28H42O3/c1-20(2)24-16-15-21(3)17-25(24)28-26(30)18-23(19-27(28)31)14-12-10-8-6-5-7-9-11-13-22(4)29/h17-19,24-25,30-31H,1,5-16H2,2-4H3/t24-,25+/m0/s1. The van der Waals surface area contributed by atoms with Crippen molar-refractivity contribution < 1.29 is 15.0 Å². The topological polar surface area (TPSA) is 57.5 Å². The Bertz CT molecular complexity index is 751. The molecule has 1 aromatic carbocycles. The molecular weight excluding hydrogens is 384 g/mol. The molecule has 172 valence electrons. The molecule has 2 rings (SSSR count). The third-order valence-corrected chi connectivity index (χ3v) is 6.65. The fraction of sp³-hybridized carbons (Fsp3) is 0.607. The van der Waals surface area contributed by atoms with Crippen LogP contribution in [0.5, 0.6) is 11.5 Å². The minimum absolute atomic E-state index is 0.00394. The second-order valence-electron chi connectivity index (χ2n) is 9.61. The summed E-state index contributed by atoms with van der Waals surface area (Å²) in [5, 5.41) is 21.5. The first kappa shape index (κ1) is 25.2. The molecule has 1 aliphatic rings. The van der Waals surface area contributed by atoms with E-state index in [1.54, 1.807) is 6.92 Å². The number of rotatable bonds is 13. The van der Waals surface area contributed by atoms with Crippen molar-refractivity contribution in [1.82, 2.24) is 0 Å². The first-order valence-electron chi connectivity index (χ1n) is 12.2. The van der Waals surface area contributed by atoms with Crippen molar-refractivity contribution in [1.29, 1.82) is 0 Å². The van der Waals surface area contributed by atoms with Crippen LogP contribution in [0.4, 0.5) is 0 Å². The van der Waals surface area contributed by atoms with Crippen molar-refractivity contribution in [3.8, 4) is 11.5 Å². The second-order valence-corrected chi connectivity index (χ2v) is 9.61. The molecule has 0 saturated carbocycles. The lowest BCUT2D eigenvalue weighted by Crippen LogP contribution is -2.17. The summed E-state index contributed by atoms with van der Waals surface area (Å²) in [5.74, 6) is 0.973. The highest BCUT2D eigenvalue weighted by Gasteiger charge is 2.30. The maximum absolute atomic E-state index is 10.9. The van der Waals surface area contributed by atoms with Gasteiger partial charge in [-0.25, -0.2) is 0 Å². The van der Waals surface area contributed by atoms with Gasteiger partial charge in [0.2, 0.25) is 0 Å². The summed E-state index contributed by atoms with van der Waals surface area (Å²) in [7, 11) is 0. The van der Waals surface area contributed by atoms with E-state index >= 15 is 0 Å². The summed E-state index contributed by atoms with van der Waals surface area (Å²) >= 11 is 0. The molecule has 0 spiro atoms. The molecule has 0 saturated heterocycles. The van der Waals surface area contributed by atoms with Crippen LogP contribution >= 0.6 is 0 Å². The molecule has 31 heavy (non-hydrogen) atoms. The van der Waals surface area contributed by atoms with Gasteiger partial charge in [0.1, 0.15) is 17.3 Å². The minimum Gasteiger partial charge on any atom is -0.507 e. The average Bonchev–Trinajstić information content (AvgIpc) is 2.68. The molecule has 0 aliphatic heterocycles. The molecule has 0 heterocycles. The molecule has 0 bridgehead atoms. The summed E-state index contributed by atoms with van der Waals surface area (Å²) in [5.41, 5.74) is 4.08. The quantitative estimate of drug-likeness (QED) is 0.250. The minimum atomic E-state index is -0.00394. The summed E-state index contributed by atoms with van der Waals surface area (Å²) < 4.78 is 0. The van der Waals surface area contributed by atoms with E-state index < -0.39 is 0 Å². The second kappa shape index (κ2) is 12.7. The van der Waals surface area contributed by atoms with E-state index in [2.05, 4.69) is 19.6 Å². The van der Waals surface area contributed by atoms with E-state index in [0.29, 0.717) is 11.3 Å². The number of aromatic hydroxyl groups is 2. The monoisotopic (exact) mass is 426 g/mol. The SMILES string of the molecule is C=C(C)[C@@H]1CCC(C)=C[C@H]1c1c(O)cc(CCCCCCCCCCC(C)=O)cc1O. The number of carbonyl (C=O) groups is 1. The highest BCUT2D eigenvalue weighted by molar-refractivity contribution is 5.75. The van der Waals surface area contributed by atoms with Crippen LogP contribution in [0.3, 0.4) is 0 Å². The predicted octanol–water partition coefficient (Wildman–Crippen LogP) is 7.76. The molecule has 0 unspecified atom stereocenters. The van der Waals surface area contributed by atoms with Gasteiger partial charge < -0.3 is 15.0 Å². The fourth-order valence-electron chi connectivity index (χ4n) is 4.84. The number of phenols is 2. The van der Waals surface area contributed by atoms with Crippen molar-refractivity contribution in [3.05, 3.63) is 47.1 Å². The van der Waals surface area contributed by atoms with Gasteiger partial charge in [0.25, 0.3) is 0 Å². The Hall–Kier alpha value is -2.03. The van der Waals surface area contributed by atoms with Gasteiger partial charge in [0.15, 0.2) is 0 Å². The molecule has 2 N–H and O–H groups in total. The maximum Gasteiger partial charge on any atom is 0.129 e. The lowest BCUT2D eigenvalue weighted by molar-refractivity contribution is -0.117. The maximum atomic E-state index is 10.9. The highest BCUT2D eigenvalue weighted by atomic mass is 16.3. The predicted molar refractivity (Wildman–Crippen MR) is 130 cm³/mol. The van der Waals surface area contributed by atoms with E-state index in [0.717, 1.165) is 56.1 Å². The van der Waals surface area contributed by atoms with Gasteiger partial charge in [-0.15, -0.1) is 0 Å². The fourth-order valence-corrected chi connectivity index (χ4v) is 4.84. The van der Waals surface area contributed by atoms with Gasteiger partial charge in [-0.3, -0.25) is 0 Å². The van der Waals surface area contributed by atoms with Crippen molar-refractivity contribution in [2.75, 3.05) is 0 Å². The normalized spacial score (nSPS) is 18.6. The molecule has 3 heteroatoms. The zero-order chi connectivity index (χ0) is 22.8. The Morgan fingerprint density at radius 3 is 2.06 bits per heavy atom. The first-order valence-corrected chi connectivity index (χ1v) is 12.2. The van der Waals surface area contributed by atoms with Crippen LogP contribution in [-0.2, 0) is 11.2 Å². The molecule has 0 radical (unpaired) electrons. The molecular formula is C28H42O3. The van der Waals surface area contributed by atoms with Crippen molar-refractivity contribution in [3.63, 3.8) is 0 Å². The van der Waals surface area contributed by atoms with Crippen molar-refractivity contribution in [2.24, 2.45) is 5.92 Å². The number of aryl methyl sites for hydroxylation is 1. The Morgan fingerprint density at radius 2 is 1.52 bits per heavy atom. The summed E-state index contributed by atoms with van der Waals surface area (Å²) in [6.07, 6.45) is 15.2. The van der Waals surface area contributed by atoms with E-state index in [1.165, 1.54) is 37.7 Å². The number of ketones is 1. The van der Waals surface area contributed by atoms with E-state index in [1.807, 2.05) is 19.1 Å². The van der Waals surface area contributed by atoms with Gasteiger partial charge in [0.05, 0.1) is 0 Å². The Morgan fingerprint density at radius 1 is 0.968 bits per heavy atom.